The van der Waals surface area contributed by atoms with Crippen molar-refractivity contribution in [2.45, 2.75) is 19.4 Å². The molecule has 0 aliphatic heterocycles. The number of nitrogens with zero attached hydrogens (tertiary/aromatic N) is 1. The summed E-state index contributed by atoms with van der Waals surface area (Å²) in [4.78, 5) is 15.9. The molecule has 6 nitrogen and oxygen atoms in total. The van der Waals surface area contributed by atoms with Crippen LogP contribution in [0, 0.1) is 0 Å². The largest absolute Gasteiger partial charge is 0.385 e. The molecule has 0 bridgehead atoms. The summed E-state index contributed by atoms with van der Waals surface area (Å²) in [5, 5.41) is 9.17. The van der Waals surface area contributed by atoms with E-state index in [1.807, 2.05) is 30.3 Å². The van der Waals surface area contributed by atoms with Crippen LogP contribution in [0.2, 0.25) is 0 Å². The molecule has 130 valence electrons. The van der Waals surface area contributed by atoms with Gasteiger partial charge in [0, 0.05) is 46.8 Å². The number of guanidine groups is 1. The van der Waals surface area contributed by atoms with E-state index in [2.05, 4.69) is 20.9 Å². The molecule has 1 amide bonds. The SMILES string of the molecule is CN=C(NCCCOC)NCCC(=O)NCc1ccccc1.I. The van der Waals surface area contributed by atoms with Gasteiger partial charge in [-0.2, -0.15) is 0 Å². The minimum Gasteiger partial charge on any atom is -0.385 e. The fourth-order valence-corrected chi connectivity index (χ4v) is 1.82. The van der Waals surface area contributed by atoms with Crippen molar-refractivity contribution in [3.63, 3.8) is 0 Å². The van der Waals surface area contributed by atoms with Gasteiger partial charge in [-0.3, -0.25) is 9.79 Å². The lowest BCUT2D eigenvalue weighted by Gasteiger charge is -2.11. The minimum atomic E-state index is 0. The van der Waals surface area contributed by atoms with Crippen molar-refractivity contribution >= 4 is 35.8 Å². The second-order valence-corrected chi connectivity index (χ2v) is 4.78. The van der Waals surface area contributed by atoms with Gasteiger partial charge in [0.25, 0.3) is 0 Å². The van der Waals surface area contributed by atoms with Crippen LogP contribution >= 0.6 is 24.0 Å². The molecule has 3 N–H and O–H groups in total. The first-order valence-corrected chi connectivity index (χ1v) is 7.50. The van der Waals surface area contributed by atoms with Gasteiger partial charge in [0.1, 0.15) is 0 Å². The number of carbonyl (C=O) groups excluding carboxylic acids is 1. The van der Waals surface area contributed by atoms with E-state index >= 15 is 0 Å². The molecule has 0 spiro atoms. The van der Waals surface area contributed by atoms with E-state index in [0.29, 0.717) is 32.1 Å². The zero-order valence-corrected chi connectivity index (χ0v) is 16.1. The van der Waals surface area contributed by atoms with Gasteiger partial charge in [0.05, 0.1) is 0 Å². The average Bonchev–Trinajstić information content (AvgIpc) is 2.56. The number of amides is 1. The number of halogens is 1. The molecule has 0 heterocycles. The first-order chi connectivity index (χ1) is 10.8. The third kappa shape index (κ3) is 10.9. The molecule has 0 fully saturated rings. The molecule has 1 aromatic carbocycles. The molecule has 0 saturated carbocycles. The molecule has 1 rings (SSSR count). The zero-order chi connectivity index (χ0) is 16.0. The van der Waals surface area contributed by atoms with Crippen molar-refractivity contribution < 1.29 is 9.53 Å². The first-order valence-electron chi connectivity index (χ1n) is 7.50. The van der Waals surface area contributed by atoms with E-state index < -0.39 is 0 Å². The maximum Gasteiger partial charge on any atom is 0.222 e. The lowest BCUT2D eigenvalue weighted by molar-refractivity contribution is -0.121. The highest BCUT2D eigenvalue weighted by atomic mass is 127. The van der Waals surface area contributed by atoms with Crippen molar-refractivity contribution in [3.8, 4) is 0 Å². The van der Waals surface area contributed by atoms with Gasteiger partial charge < -0.3 is 20.7 Å². The lowest BCUT2D eigenvalue weighted by atomic mass is 10.2. The van der Waals surface area contributed by atoms with Crippen molar-refractivity contribution in [1.82, 2.24) is 16.0 Å². The quantitative estimate of drug-likeness (QED) is 0.239. The number of carbonyl (C=O) groups is 1. The number of aliphatic imine (C=N–C) groups is 1. The standard InChI is InChI=1S/C16H26N4O2.HI/c1-17-16(18-10-6-12-22-2)19-11-9-15(21)20-13-14-7-4-3-5-8-14;/h3-5,7-8H,6,9-13H2,1-2H3,(H,20,21)(H2,17,18,19);1H. The van der Waals surface area contributed by atoms with E-state index in [9.17, 15) is 4.79 Å². The normalized spacial score (nSPS) is 10.6. The second kappa shape index (κ2) is 14.3. The Morgan fingerprint density at radius 2 is 1.83 bits per heavy atom. The number of nitrogens with one attached hydrogen (secondary N) is 3. The van der Waals surface area contributed by atoms with Gasteiger partial charge >= 0.3 is 0 Å². The van der Waals surface area contributed by atoms with E-state index in [4.69, 9.17) is 4.74 Å². The fourth-order valence-electron chi connectivity index (χ4n) is 1.82. The molecular weight excluding hydrogens is 407 g/mol. The molecule has 0 aliphatic rings. The maximum atomic E-state index is 11.8. The smallest absolute Gasteiger partial charge is 0.222 e. The highest BCUT2D eigenvalue weighted by Gasteiger charge is 2.02. The van der Waals surface area contributed by atoms with Crippen LogP contribution in [0.1, 0.15) is 18.4 Å². The Hall–Kier alpha value is -1.35. The molecule has 1 aromatic rings. The summed E-state index contributed by atoms with van der Waals surface area (Å²) in [7, 11) is 3.39. The van der Waals surface area contributed by atoms with Crippen LogP contribution in [0.15, 0.2) is 35.3 Å². The summed E-state index contributed by atoms with van der Waals surface area (Å²) < 4.78 is 4.98. The number of ether oxygens (including phenoxy) is 1. The van der Waals surface area contributed by atoms with Gasteiger partial charge in [-0.15, -0.1) is 24.0 Å². The van der Waals surface area contributed by atoms with Crippen LogP contribution < -0.4 is 16.0 Å². The van der Waals surface area contributed by atoms with Gasteiger partial charge in [-0.25, -0.2) is 0 Å². The molecule has 0 unspecified atom stereocenters. The Bertz CT molecular complexity index is 455. The van der Waals surface area contributed by atoms with Gasteiger partial charge in [-0.1, -0.05) is 30.3 Å². The van der Waals surface area contributed by atoms with Crippen LogP contribution in [-0.4, -0.2) is 45.7 Å². The average molecular weight is 434 g/mol. The van der Waals surface area contributed by atoms with Crippen LogP contribution in [0.3, 0.4) is 0 Å². The third-order valence-corrected chi connectivity index (χ3v) is 3.02. The molecule has 0 radical (unpaired) electrons. The highest BCUT2D eigenvalue weighted by molar-refractivity contribution is 14.0. The monoisotopic (exact) mass is 434 g/mol. The van der Waals surface area contributed by atoms with E-state index in [0.717, 1.165) is 18.5 Å². The predicted octanol–water partition coefficient (Wildman–Crippen LogP) is 1.51. The molecule has 23 heavy (non-hydrogen) atoms. The maximum absolute atomic E-state index is 11.8. The lowest BCUT2D eigenvalue weighted by Crippen LogP contribution is -2.39. The highest BCUT2D eigenvalue weighted by Crippen LogP contribution is 1.97. The number of hydrogen-bond acceptors (Lipinski definition) is 3. The zero-order valence-electron chi connectivity index (χ0n) is 13.8. The predicted molar refractivity (Wildman–Crippen MR) is 104 cm³/mol. The Balaban J connectivity index is 0.00000484. The topological polar surface area (TPSA) is 74.8 Å². The summed E-state index contributed by atoms with van der Waals surface area (Å²) in [6, 6.07) is 9.86. The Morgan fingerprint density at radius 1 is 1.13 bits per heavy atom. The molecule has 0 atom stereocenters. The molecule has 7 heteroatoms. The fraction of sp³-hybridized carbons (Fsp3) is 0.500. The molecule has 0 saturated heterocycles. The van der Waals surface area contributed by atoms with E-state index in [1.165, 1.54) is 0 Å². The minimum absolute atomic E-state index is 0. The van der Waals surface area contributed by atoms with Crippen LogP contribution in [0.25, 0.3) is 0 Å². The van der Waals surface area contributed by atoms with Gasteiger partial charge in [-0.05, 0) is 12.0 Å². The summed E-state index contributed by atoms with van der Waals surface area (Å²) in [5.41, 5.74) is 1.10. The van der Waals surface area contributed by atoms with Crippen LogP contribution in [0.4, 0.5) is 0 Å². The van der Waals surface area contributed by atoms with Crippen LogP contribution in [0.5, 0.6) is 0 Å². The molecular formula is C16H27IN4O2. The van der Waals surface area contributed by atoms with Crippen molar-refractivity contribution in [2.75, 3.05) is 33.9 Å². The van der Waals surface area contributed by atoms with Crippen molar-refractivity contribution in [1.29, 1.82) is 0 Å². The number of benzene rings is 1. The van der Waals surface area contributed by atoms with Crippen LogP contribution in [-0.2, 0) is 16.1 Å². The number of rotatable bonds is 9. The second-order valence-electron chi connectivity index (χ2n) is 4.78. The Labute approximate surface area is 155 Å². The van der Waals surface area contributed by atoms with E-state index in [1.54, 1.807) is 14.2 Å². The summed E-state index contributed by atoms with van der Waals surface area (Å²) in [5.74, 6) is 0.721. The van der Waals surface area contributed by atoms with Gasteiger partial charge in [0.15, 0.2) is 5.96 Å². The Morgan fingerprint density at radius 3 is 2.48 bits per heavy atom. The summed E-state index contributed by atoms with van der Waals surface area (Å²) in [6.45, 7) is 2.61. The number of hydrogen-bond donors (Lipinski definition) is 3. The van der Waals surface area contributed by atoms with Crippen molar-refractivity contribution in [2.24, 2.45) is 4.99 Å². The number of methoxy groups -OCH3 is 1. The molecule has 0 aromatic heterocycles. The summed E-state index contributed by atoms with van der Waals surface area (Å²) in [6.07, 6.45) is 1.32. The summed E-state index contributed by atoms with van der Waals surface area (Å²) >= 11 is 0. The third-order valence-electron chi connectivity index (χ3n) is 3.02. The van der Waals surface area contributed by atoms with Gasteiger partial charge in [0.2, 0.25) is 5.91 Å². The van der Waals surface area contributed by atoms with E-state index in [-0.39, 0.29) is 29.9 Å². The Kier molecular flexibility index (Phi) is 13.4. The van der Waals surface area contributed by atoms with Crippen molar-refractivity contribution in [3.05, 3.63) is 35.9 Å². The molecule has 0 aliphatic carbocycles. The first kappa shape index (κ1) is 21.6.